The fraction of sp³-hybridized carbons (Fsp3) is 0.455. The van der Waals surface area contributed by atoms with Gasteiger partial charge in [-0.1, -0.05) is 0 Å². The Kier molecular flexibility index (Phi) is 6.39. The number of nitrogens with zero attached hydrogens (tertiary/aromatic N) is 1. The van der Waals surface area contributed by atoms with Gasteiger partial charge in [0.25, 0.3) is 11.8 Å². The maximum atomic E-state index is 13.0. The van der Waals surface area contributed by atoms with Gasteiger partial charge in [-0.15, -0.1) is 11.3 Å². The van der Waals surface area contributed by atoms with Crippen LogP contribution < -0.4 is 10.6 Å². The summed E-state index contributed by atoms with van der Waals surface area (Å²) in [5, 5.41) is 6.03. The molecule has 1 aliphatic heterocycles. The van der Waals surface area contributed by atoms with E-state index >= 15 is 0 Å². The first-order valence-electron chi connectivity index (χ1n) is 10.6. The first kappa shape index (κ1) is 22.9. The lowest BCUT2D eigenvalue weighted by Gasteiger charge is -2.34. The quantitative estimate of drug-likeness (QED) is 0.689. The van der Waals surface area contributed by atoms with Gasteiger partial charge in [-0.2, -0.15) is 4.31 Å². The van der Waals surface area contributed by atoms with Crippen LogP contribution in [-0.4, -0.2) is 56.9 Å². The maximum absolute atomic E-state index is 13.0. The number of amides is 2. The molecule has 1 aromatic carbocycles. The van der Waals surface area contributed by atoms with Gasteiger partial charge < -0.3 is 15.4 Å². The van der Waals surface area contributed by atoms with E-state index in [4.69, 9.17) is 4.74 Å². The van der Waals surface area contributed by atoms with Crippen LogP contribution in [0.4, 0.5) is 5.00 Å². The van der Waals surface area contributed by atoms with Crippen molar-refractivity contribution in [1.82, 2.24) is 9.62 Å². The zero-order valence-corrected chi connectivity index (χ0v) is 19.9. The molecule has 2 unspecified atom stereocenters. The highest BCUT2D eigenvalue weighted by atomic mass is 32.2. The number of fused-ring (bicyclic) bond motifs is 1. The lowest BCUT2D eigenvalue weighted by Crippen LogP contribution is -2.48. The van der Waals surface area contributed by atoms with Gasteiger partial charge in [-0.05, 0) is 62.9 Å². The Morgan fingerprint density at radius 2 is 1.72 bits per heavy atom. The van der Waals surface area contributed by atoms with Gasteiger partial charge in [0.2, 0.25) is 10.0 Å². The minimum Gasteiger partial charge on any atom is -0.373 e. The number of carbonyl (C=O) groups is 2. The largest absolute Gasteiger partial charge is 0.373 e. The highest BCUT2D eigenvalue weighted by Gasteiger charge is 2.32. The number of hydrogen-bond donors (Lipinski definition) is 2. The van der Waals surface area contributed by atoms with Crippen LogP contribution in [0.25, 0.3) is 0 Å². The molecule has 2 N–H and O–H groups in total. The predicted molar refractivity (Wildman–Crippen MR) is 123 cm³/mol. The van der Waals surface area contributed by atoms with Crippen LogP contribution in [-0.2, 0) is 27.6 Å². The lowest BCUT2D eigenvalue weighted by atomic mass is 10.1. The number of aryl methyl sites for hydroxylation is 1. The van der Waals surface area contributed by atoms with Crippen LogP contribution in [0.5, 0.6) is 0 Å². The van der Waals surface area contributed by atoms with Crippen LogP contribution in [0.1, 0.15) is 51.4 Å². The third-order valence-corrected chi connectivity index (χ3v) is 8.80. The smallest absolute Gasteiger partial charge is 0.256 e. The molecule has 8 nitrogen and oxygen atoms in total. The molecule has 2 atom stereocenters. The normalized spacial score (nSPS) is 21.2. The minimum atomic E-state index is -3.68. The van der Waals surface area contributed by atoms with Gasteiger partial charge in [-0.3, -0.25) is 9.59 Å². The van der Waals surface area contributed by atoms with Crippen LogP contribution in [0.2, 0.25) is 0 Å². The number of hydrogen-bond acceptors (Lipinski definition) is 6. The number of ether oxygens (including phenoxy) is 1. The summed E-state index contributed by atoms with van der Waals surface area (Å²) < 4.78 is 33.1. The number of thiophene rings is 1. The fourth-order valence-corrected chi connectivity index (χ4v) is 7.16. The molecule has 0 bridgehead atoms. The van der Waals surface area contributed by atoms with Crippen molar-refractivity contribution in [3.05, 3.63) is 45.8 Å². The molecule has 0 radical (unpaired) electrons. The molecule has 1 saturated heterocycles. The van der Waals surface area contributed by atoms with Crippen molar-refractivity contribution in [2.24, 2.45) is 0 Å². The van der Waals surface area contributed by atoms with Crippen molar-refractivity contribution in [3.63, 3.8) is 0 Å². The molecule has 32 heavy (non-hydrogen) atoms. The van der Waals surface area contributed by atoms with E-state index in [1.807, 2.05) is 13.8 Å². The summed E-state index contributed by atoms with van der Waals surface area (Å²) in [6, 6.07) is 5.89. The standard InChI is InChI=1S/C22H27N3O5S2/c1-13-11-25(12-14(2)30-13)32(28,29)16-9-7-15(8-10-16)20(26)24-22-19(21(27)23-3)17-5-4-6-18(17)31-22/h7-10,13-14H,4-6,11-12H2,1-3H3,(H,23,27)(H,24,26). The van der Waals surface area contributed by atoms with E-state index in [9.17, 15) is 18.0 Å². The van der Waals surface area contributed by atoms with E-state index < -0.39 is 10.0 Å². The molecule has 10 heteroatoms. The summed E-state index contributed by atoms with van der Waals surface area (Å²) in [5.41, 5.74) is 1.87. The lowest BCUT2D eigenvalue weighted by molar-refractivity contribution is -0.0440. The minimum absolute atomic E-state index is 0.136. The summed E-state index contributed by atoms with van der Waals surface area (Å²) in [6.07, 6.45) is 2.39. The number of morpholine rings is 1. The number of rotatable bonds is 5. The average Bonchev–Trinajstić information content (AvgIpc) is 3.33. The molecular weight excluding hydrogens is 450 g/mol. The van der Waals surface area contributed by atoms with Crippen molar-refractivity contribution >= 4 is 38.2 Å². The highest BCUT2D eigenvalue weighted by Crippen LogP contribution is 2.39. The Balaban J connectivity index is 1.53. The van der Waals surface area contributed by atoms with Gasteiger partial charge in [-0.25, -0.2) is 8.42 Å². The van der Waals surface area contributed by atoms with E-state index in [0.29, 0.717) is 29.2 Å². The third-order valence-electron chi connectivity index (χ3n) is 5.74. The first-order chi connectivity index (χ1) is 15.2. The number of anilines is 1. The van der Waals surface area contributed by atoms with Gasteiger partial charge in [0.05, 0.1) is 22.7 Å². The van der Waals surface area contributed by atoms with Crippen molar-refractivity contribution in [1.29, 1.82) is 0 Å². The van der Waals surface area contributed by atoms with Gasteiger partial charge >= 0.3 is 0 Å². The molecule has 4 rings (SSSR count). The number of benzene rings is 1. The summed E-state index contributed by atoms with van der Waals surface area (Å²) in [4.78, 5) is 26.5. The Hall–Kier alpha value is -2.27. The Morgan fingerprint density at radius 3 is 2.34 bits per heavy atom. The van der Waals surface area contributed by atoms with Crippen LogP contribution >= 0.6 is 11.3 Å². The molecule has 2 amide bonds. The SMILES string of the molecule is CNC(=O)c1c(NC(=O)c2ccc(S(=O)(=O)N3CC(C)OC(C)C3)cc2)sc2c1CCC2. The van der Waals surface area contributed by atoms with E-state index in [2.05, 4.69) is 10.6 Å². The summed E-state index contributed by atoms with van der Waals surface area (Å²) >= 11 is 1.43. The summed E-state index contributed by atoms with van der Waals surface area (Å²) in [5.74, 6) is -0.595. The second-order valence-corrected chi connectivity index (χ2v) is 11.2. The molecular formula is C22H27N3O5S2. The zero-order chi connectivity index (χ0) is 23.0. The zero-order valence-electron chi connectivity index (χ0n) is 18.3. The molecule has 1 fully saturated rings. The fourth-order valence-electron chi connectivity index (χ4n) is 4.29. The monoisotopic (exact) mass is 477 g/mol. The molecule has 2 aliphatic rings. The molecule has 1 aromatic heterocycles. The molecule has 2 heterocycles. The number of nitrogens with one attached hydrogen (secondary N) is 2. The van der Waals surface area contributed by atoms with Crippen LogP contribution in [0, 0.1) is 0 Å². The van der Waals surface area contributed by atoms with E-state index in [1.165, 1.54) is 39.9 Å². The van der Waals surface area contributed by atoms with Gasteiger partial charge in [0.15, 0.2) is 0 Å². The molecule has 0 spiro atoms. The van der Waals surface area contributed by atoms with E-state index in [0.717, 1.165) is 29.7 Å². The van der Waals surface area contributed by atoms with Gasteiger partial charge in [0, 0.05) is 30.6 Å². The maximum Gasteiger partial charge on any atom is 0.256 e. The Labute approximate surface area is 192 Å². The van der Waals surface area contributed by atoms with Crippen LogP contribution in [0.15, 0.2) is 29.2 Å². The second-order valence-electron chi connectivity index (χ2n) is 8.20. The Bertz CT molecular complexity index is 1130. The second kappa shape index (κ2) is 8.93. The summed E-state index contributed by atoms with van der Waals surface area (Å²) in [6.45, 7) is 4.28. The summed E-state index contributed by atoms with van der Waals surface area (Å²) in [7, 11) is -2.11. The Morgan fingerprint density at radius 1 is 1.06 bits per heavy atom. The predicted octanol–water partition coefficient (Wildman–Crippen LogP) is 2.65. The van der Waals surface area contributed by atoms with E-state index in [-0.39, 0.29) is 28.9 Å². The molecule has 172 valence electrons. The first-order valence-corrected chi connectivity index (χ1v) is 12.9. The number of sulfonamides is 1. The van der Waals surface area contributed by atoms with Gasteiger partial charge in [0.1, 0.15) is 5.00 Å². The van der Waals surface area contributed by atoms with Crippen LogP contribution in [0.3, 0.4) is 0 Å². The number of carbonyl (C=O) groups excluding carboxylic acids is 2. The molecule has 0 saturated carbocycles. The molecule has 1 aliphatic carbocycles. The average molecular weight is 478 g/mol. The van der Waals surface area contributed by atoms with Crippen molar-refractivity contribution in [2.45, 2.75) is 50.2 Å². The van der Waals surface area contributed by atoms with Crippen molar-refractivity contribution < 1.29 is 22.7 Å². The van der Waals surface area contributed by atoms with Crippen molar-refractivity contribution in [2.75, 3.05) is 25.5 Å². The highest BCUT2D eigenvalue weighted by molar-refractivity contribution is 7.89. The van der Waals surface area contributed by atoms with E-state index in [1.54, 1.807) is 7.05 Å². The third kappa shape index (κ3) is 4.32. The molecule has 2 aromatic rings. The topological polar surface area (TPSA) is 105 Å². The van der Waals surface area contributed by atoms with Crippen molar-refractivity contribution in [3.8, 4) is 0 Å².